The average molecular weight is 283 g/mol. The Morgan fingerprint density at radius 3 is 2.86 bits per heavy atom. The van der Waals surface area contributed by atoms with Crippen molar-refractivity contribution in [2.45, 2.75) is 46.0 Å². The lowest BCUT2D eigenvalue weighted by molar-refractivity contribution is 0.0697. The van der Waals surface area contributed by atoms with E-state index in [4.69, 9.17) is 4.98 Å². The molecule has 3 rings (SSSR count). The molecule has 3 heteroatoms. The fourth-order valence-corrected chi connectivity index (χ4v) is 3.37. The van der Waals surface area contributed by atoms with Crippen molar-refractivity contribution in [3.8, 4) is 0 Å². The van der Waals surface area contributed by atoms with Crippen molar-refractivity contribution in [1.82, 2.24) is 4.98 Å². The number of fused-ring (bicyclic) bond motifs is 2. The Morgan fingerprint density at radius 2 is 2.19 bits per heavy atom. The summed E-state index contributed by atoms with van der Waals surface area (Å²) < 4.78 is 0. The van der Waals surface area contributed by atoms with Gasteiger partial charge >= 0.3 is 5.97 Å². The molecule has 0 radical (unpaired) electrons. The number of aromatic nitrogens is 1. The van der Waals surface area contributed by atoms with Crippen LogP contribution in [0.3, 0.4) is 0 Å². The SMILES string of the molecule is CCc1ccc2nc3c(c(C(=O)O)c2c1)CC(CC)CC3. The van der Waals surface area contributed by atoms with Crippen molar-refractivity contribution >= 4 is 16.9 Å². The summed E-state index contributed by atoms with van der Waals surface area (Å²) in [4.78, 5) is 16.6. The quantitative estimate of drug-likeness (QED) is 0.926. The molecule has 1 unspecified atom stereocenters. The Bertz CT molecular complexity index is 706. The Kier molecular flexibility index (Phi) is 3.66. The molecule has 0 saturated heterocycles. The monoisotopic (exact) mass is 283 g/mol. The minimum absolute atomic E-state index is 0.489. The second-order valence-electron chi connectivity index (χ2n) is 5.94. The Morgan fingerprint density at radius 1 is 1.38 bits per heavy atom. The molecule has 0 amide bonds. The van der Waals surface area contributed by atoms with Crippen LogP contribution in [0, 0.1) is 5.92 Å². The molecular formula is C18H21NO2. The van der Waals surface area contributed by atoms with E-state index in [-0.39, 0.29) is 0 Å². The van der Waals surface area contributed by atoms with E-state index in [1.54, 1.807) is 0 Å². The van der Waals surface area contributed by atoms with E-state index in [1.807, 2.05) is 18.2 Å². The molecule has 0 fully saturated rings. The predicted octanol–water partition coefficient (Wildman–Crippen LogP) is 4.01. The summed E-state index contributed by atoms with van der Waals surface area (Å²) in [6.07, 6.45) is 4.88. The molecule has 1 aliphatic rings. The zero-order valence-corrected chi connectivity index (χ0v) is 12.6. The molecule has 3 nitrogen and oxygen atoms in total. The number of nitrogens with zero attached hydrogens (tertiary/aromatic N) is 1. The Balaban J connectivity index is 2.28. The van der Waals surface area contributed by atoms with Crippen LogP contribution in [0.2, 0.25) is 0 Å². The second-order valence-corrected chi connectivity index (χ2v) is 5.94. The molecule has 1 N–H and O–H groups in total. The number of pyridine rings is 1. The summed E-state index contributed by atoms with van der Waals surface area (Å²) in [5.74, 6) is -0.229. The smallest absolute Gasteiger partial charge is 0.336 e. The van der Waals surface area contributed by atoms with Gasteiger partial charge in [0.1, 0.15) is 0 Å². The van der Waals surface area contributed by atoms with E-state index in [2.05, 4.69) is 13.8 Å². The summed E-state index contributed by atoms with van der Waals surface area (Å²) in [6, 6.07) is 6.01. The van der Waals surface area contributed by atoms with Crippen LogP contribution in [-0.2, 0) is 19.3 Å². The van der Waals surface area contributed by atoms with E-state index >= 15 is 0 Å². The second kappa shape index (κ2) is 5.47. The third-order valence-corrected chi connectivity index (χ3v) is 4.72. The maximum absolute atomic E-state index is 11.9. The fraction of sp³-hybridized carbons (Fsp3) is 0.444. The van der Waals surface area contributed by atoms with Gasteiger partial charge < -0.3 is 5.11 Å². The minimum atomic E-state index is -0.816. The van der Waals surface area contributed by atoms with Crippen molar-refractivity contribution in [2.24, 2.45) is 5.92 Å². The van der Waals surface area contributed by atoms with Crippen molar-refractivity contribution < 1.29 is 9.90 Å². The molecule has 0 saturated carbocycles. The predicted molar refractivity (Wildman–Crippen MR) is 83.9 cm³/mol. The number of carbonyl (C=O) groups is 1. The van der Waals surface area contributed by atoms with Crippen molar-refractivity contribution in [3.63, 3.8) is 0 Å². The Hall–Kier alpha value is -1.90. The molecule has 1 atom stereocenters. The molecule has 1 aromatic heterocycles. The van der Waals surface area contributed by atoms with Crippen molar-refractivity contribution in [2.75, 3.05) is 0 Å². The number of carboxylic acid groups (broad SMARTS) is 1. The molecule has 0 bridgehead atoms. The summed E-state index contributed by atoms with van der Waals surface area (Å²) >= 11 is 0. The summed E-state index contributed by atoms with van der Waals surface area (Å²) in [6.45, 7) is 4.26. The van der Waals surface area contributed by atoms with Crippen LogP contribution in [0.1, 0.15) is 53.9 Å². The first-order valence-electron chi connectivity index (χ1n) is 7.81. The number of hydrogen-bond donors (Lipinski definition) is 1. The molecule has 1 heterocycles. The molecule has 21 heavy (non-hydrogen) atoms. The third-order valence-electron chi connectivity index (χ3n) is 4.72. The van der Waals surface area contributed by atoms with Crippen LogP contribution in [0.5, 0.6) is 0 Å². The minimum Gasteiger partial charge on any atom is -0.478 e. The number of benzene rings is 1. The fourth-order valence-electron chi connectivity index (χ4n) is 3.37. The van der Waals surface area contributed by atoms with Gasteiger partial charge in [0.2, 0.25) is 0 Å². The topological polar surface area (TPSA) is 50.2 Å². The highest BCUT2D eigenvalue weighted by Crippen LogP contribution is 2.33. The lowest BCUT2D eigenvalue weighted by Crippen LogP contribution is -2.19. The molecular weight excluding hydrogens is 262 g/mol. The first-order valence-corrected chi connectivity index (χ1v) is 7.81. The highest BCUT2D eigenvalue weighted by atomic mass is 16.4. The number of aryl methyl sites for hydroxylation is 2. The largest absolute Gasteiger partial charge is 0.478 e. The summed E-state index contributed by atoms with van der Waals surface area (Å²) in [5.41, 5.74) is 4.44. The van der Waals surface area contributed by atoms with Crippen LogP contribution in [-0.4, -0.2) is 16.1 Å². The molecule has 0 aliphatic heterocycles. The number of carboxylic acids is 1. The first-order chi connectivity index (χ1) is 10.1. The lowest BCUT2D eigenvalue weighted by atomic mass is 9.82. The number of rotatable bonds is 3. The zero-order chi connectivity index (χ0) is 15.0. The average Bonchev–Trinajstić information content (AvgIpc) is 2.51. The van der Waals surface area contributed by atoms with Gasteiger partial charge in [-0.1, -0.05) is 26.3 Å². The van der Waals surface area contributed by atoms with Gasteiger partial charge in [0.25, 0.3) is 0 Å². The molecule has 0 spiro atoms. The normalized spacial score (nSPS) is 17.7. The van der Waals surface area contributed by atoms with Crippen molar-refractivity contribution in [1.29, 1.82) is 0 Å². The van der Waals surface area contributed by atoms with E-state index in [0.29, 0.717) is 11.5 Å². The van der Waals surface area contributed by atoms with Crippen molar-refractivity contribution in [3.05, 3.63) is 40.6 Å². The molecule has 2 aromatic rings. The highest BCUT2D eigenvalue weighted by molar-refractivity contribution is 6.04. The van der Waals surface area contributed by atoms with Gasteiger partial charge in [-0.15, -0.1) is 0 Å². The molecule has 110 valence electrons. The van der Waals surface area contributed by atoms with Gasteiger partial charge in [-0.25, -0.2) is 4.79 Å². The van der Waals surface area contributed by atoms with E-state index < -0.39 is 5.97 Å². The van der Waals surface area contributed by atoms with Crippen LogP contribution in [0.25, 0.3) is 10.9 Å². The van der Waals surface area contributed by atoms with Crippen LogP contribution < -0.4 is 0 Å². The summed E-state index contributed by atoms with van der Waals surface area (Å²) in [7, 11) is 0. The molecule has 1 aliphatic carbocycles. The molecule has 1 aromatic carbocycles. The van der Waals surface area contributed by atoms with Crippen LogP contribution in [0.4, 0.5) is 0 Å². The number of hydrogen-bond acceptors (Lipinski definition) is 2. The maximum Gasteiger partial charge on any atom is 0.336 e. The van der Waals surface area contributed by atoms with Gasteiger partial charge in [-0.2, -0.15) is 0 Å². The van der Waals surface area contributed by atoms with Gasteiger partial charge in [-0.3, -0.25) is 4.98 Å². The zero-order valence-electron chi connectivity index (χ0n) is 12.6. The van der Waals surface area contributed by atoms with Crippen LogP contribution >= 0.6 is 0 Å². The van der Waals surface area contributed by atoms with Gasteiger partial charge in [0.05, 0.1) is 11.1 Å². The first kappa shape index (κ1) is 14.1. The van der Waals surface area contributed by atoms with Gasteiger partial charge in [-0.05, 0) is 54.9 Å². The number of aromatic carboxylic acids is 1. The van der Waals surface area contributed by atoms with Crippen LogP contribution in [0.15, 0.2) is 18.2 Å². The standard InChI is InChI=1S/C18H21NO2/c1-3-11-5-7-15-13(9-11)17(18(20)21)14-10-12(4-2)6-8-16(14)19-15/h5,7,9,12H,3-4,6,8,10H2,1-2H3,(H,20,21). The third kappa shape index (κ3) is 2.41. The maximum atomic E-state index is 11.9. The lowest BCUT2D eigenvalue weighted by Gasteiger charge is -2.25. The van der Waals surface area contributed by atoms with E-state index in [1.165, 1.54) is 0 Å². The van der Waals surface area contributed by atoms with E-state index in [9.17, 15) is 9.90 Å². The Labute approximate surface area is 125 Å². The van der Waals surface area contributed by atoms with E-state index in [0.717, 1.165) is 59.8 Å². The van der Waals surface area contributed by atoms with Gasteiger partial charge in [0.15, 0.2) is 0 Å². The highest BCUT2D eigenvalue weighted by Gasteiger charge is 2.26. The summed E-state index contributed by atoms with van der Waals surface area (Å²) in [5, 5.41) is 10.5. The van der Waals surface area contributed by atoms with Gasteiger partial charge in [0, 0.05) is 11.1 Å².